The van der Waals surface area contributed by atoms with Crippen molar-refractivity contribution in [3.63, 3.8) is 0 Å². The summed E-state index contributed by atoms with van der Waals surface area (Å²) in [4.78, 5) is 37.8. The van der Waals surface area contributed by atoms with E-state index < -0.39 is 0 Å². The molecule has 0 spiro atoms. The Morgan fingerprint density at radius 2 is 2.07 bits per heavy atom. The molecule has 0 radical (unpaired) electrons. The molecule has 3 aromatic rings. The van der Waals surface area contributed by atoms with Crippen molar-refractivity contribution in [1.29, 1.82) is 0 Å². The maximum absolute atomic E-state index is 12.3. The Morgan fingerprint density at radius 3 is 2.89 bits per heavy atom. The van der Waals surface area contributed by atoms with Crippen LogP contribution in [0, 0.1) is 12.8 Å². The number of para-hydroxylation sites is 1. The van der Waals surface area contributed by atoms with Crippen LogP contribution in [-0.2, 0) is 11.2 Å². The molecular formula is C19H18N4O2S2. The average molecular weight is 399 g/mol. The number of thioether (sulfide) groups is 1. The number of aryl methyl sites for hydroxylation is 1. The van der Waals surface area contributed by atoms with Crippen molar-refractivity contribution in [3.8, 4) is 0 Å². The van der Waals surface area contributed by atoms with Crippen molar-refractivity contribution in [2.24, 2.45) is 5.92 Å². The van der Waals surface area contributed by atoms with E-state index in [9.17, 15) is 9.59 Å². The number of ketones is 1. The number of fused-ring (bicyclic) bond motifs is 2. The molecule has 1 aliphatic carbocycles. The van der Waals surface area contributed by atoms with Gasteiger partial charge >= 0.3 is 0 Å². The van der Waals surface area contributed by atoms with Gasteiger partial charge in [-0.05, 0) is 31.4 Å². The molecule has 2 heterocycles. The SMILES string of the molecule is Cc1nc(NC(=O)CSc2nc3ccccc3s2)nc2c1C(=O)C[C@@H](C)C2. The first-order valence-electron chi connectivity index (χ1n) is 8.68. The number of Topliss-reactive ketones (excluding diaryl/α,β-unsaturated/α-hetero) is 1. The van der Waals surface area contributed by atoms with Crippen molar-refractivity contribution in [3.05, 3.63) is 41.2 Å². The zero-order valence-electron chi connectivity index (χ0n) is 15.0. The van der Waals surface area contributed by atoms with Crippen molar-refractivity contribution < 1.29 is 9.59 Å². The number of hydrogen-bond donors (Lipinski definition) is 1. The fraction of sp³-hybridized carbons (Fsp3) is 0.316. The normalized spacial score (nSPS) is 16.4. The highest BCUT2D eigenvalue weighted by Crippen LogP contribution is 2.29. The summed E-state index contributed by atoms with van der Waals surface area (Å²) in [5.41, 5.74) is 2.93. The van der Waals surface area contributed by atoms with Gasteiger partial charge in [-0.25, -0.2) is 15.0 Å². The largest absolute Gasteiger partial charge is 0.294 e. The highest BCUT2D eigenvalue weighted by atomic mass is 32.2. The zero-order valence-corrected chi connectivity index (χ0v) is 16.6. The van der Waals surface area contributed by atoms with Gasteiger partial charge in [0.15, 0.2) is 10.1 Å². The third kappa shape index (κ3) is 3.86. The highest BCUT2D eigenvalue weighted by molar-refractivity contribution is 8.01. The van der Waals surface area contributed by atoms with Crippen LogP contribution in [0.3, 0.4) is 0 Å². The summed E-state index contributed by atoms with van der Waals surface area (Å²) in [5.74, 6) is 0.661. The number of amides is 1. The predicted molar refractivity (Wildman–Crippen MR) is 108 cm³/mol. The molecule has 4 rings (SSSR count). The van der Waals surface area contributed by atoms with Crippen LogP contribution >= 0.6 is 23.1 Å². The summed E-state index contributed by atoms with van der Waals surface area (Å²) < 4.78 is 1.96. The first-order chi connectivity index (χ1) is 13.0. The van der Waals surface area contributed by atoms with E-state index in [1.807, 2.05) is 31.2 Å². The Balaban J connectivity index is 1.44. The van der Waals surface area contributed by atoms with Gasteiger partial charge in [0.1, 0.15) is 0 Å². The Morgan fingerprint density at radius 1 is 1.26 bits per heavy atom. The van der Waals surface area contributed by atoms with Gasteiger partial charge in [-0.1, -0.05) is 30.8 Å². The van der Waals surface area contributed by atoms with E-state index in [-0.39, 0.29) is 29.3 Å². The van der Waals surface area contributed by atoms with E-state index in [0.717, 1.165) is 26.7 Å². The van der Waals surface area contributed by atoms with Crippen LogP contribution in [0.4, 0.5) is 5.95 Å². The van der Waals surface area contributed by atoms with Gasteiger partial charge in [0, 0.05) is 6.42 Å². The smallest absolute Gasteiger partial charge is 0.237 e. The minimum atomic E-state index is -0.186. The van der Waals surface area contributed by atoms with Crippen LogP contribution in [0.5, 0.6) is 0 Å². The Labute approximate surface area is 164 Å². The molecule has 8 heteroatoms. The standard InChI is InChI=1S/C19H18N4O2S2/c1-10-7-13-17(14(24)8-10)11(2)20-18(21-13)23-16(25)9-26-19-22-12-5-3-4-6-15(12)27-19/h3-6,10H,7-9H2,1-2H3,(H,20,21,23,25)/t10-/m0/s1. The van der Waals surface area contributed by atoms with Crippen LogP contribution in [0.25, 0.3) is 10.2 Å². The number of aromatic nitrogens is 3. The van der Waals surface area contributed by atoms with Crippen molar-refractivity contribution >= 4 is 51.0 Å². The number of anilines is 1. The first-order valence-corrected chi connectivity index (χ1v) is 10.5. The van der Waals surface area contributed by atoms with E-state index in [4.69, 9.17) is 0 Å². The number of thiazole rings is 1. The third-order valence-electron chi connectivity index (χ3n) is 4.37. The molecular weight excluding hydrogens is 380 g/mol. The molecule has 27 heavy (non-hydrogen) atoms. The molecule has 0 unspecified atom stereocenters. The molecule has 1 aromatic carbocycles. The van der Waals surface area contributed by atoms with E-state index in [1.54, 1.807) is 18.3 Å². The predicted octanol–water partition coefficient (Wildman–Crippen LogP) is 3.89. The summed E-state index contributed by atoms with van der Waals surface area (Å²) in [7, 11) is 0. The monoisotopic (exact) mass is 398 g/mol. The van der Waals surface area contributed by atoms with Crippen LogP contribution in [0.2, 0.25) is 0 Å². The zero-order chi connectivity index (χ0) is 19.0. The quantitative estimate of drug-likeness (QED) is 0.671. The van der Waals surface area contributed by atoms with E-state index >= 15 is 0 Å². The molecule has 0 fully saturated rings. The highest BCUT2D eigenvalue weighted by Gasteiger charge is 2.26. The maximum atomic E-state index is 12.3. The van der Waals surface area contributed by atoms with Crippen LogP contribution in [0.15, 0.2) is 28.6 Å². The lowest BCUT2D eigenvalue weighted by molar-refractivity contribution is -0.113. The number of carbonyl (C=O) groups excluding carboxylic acids is 2. The van der Waals surface area contributed by atoms with Gasteiger partial charge < -0.3 is 0 Å². The molecule has 0 bridgehead atoms. The molecule has 0 saturated heterocycles. The van der Waals surface area contributed by atoms with E-state index in [0.29, 0.717) is 17.7 Å². The molecule has 1 atom stereocenters. The molecule has 2 aromatic heterocycles. The second-order valence-corrected chi connectivity index (χ2v) is 8.93. The lowest BCUT2D eigenvalue weighted by Crippen LogP contribution is -2.24. The van der Waals surface area contributed by atoms with Crippen LogP contribution in [0.1, 0.15) is 35.1 Å². The van der Waals surface area contributed by atoms with Crippen LogP contribution < -0.4 is 5.32 Å². The summed E-state index contributed by atoms with van der Waals surface area (Å²) in [6.45, 7) is 3.82. The number of nitrogens with zero attached hydrogens (tertiary/aromatic N) is 3. The fourth-order valence-corrected chi connectivity index (χ4v) is 5.09. The summed E-state index contributed by atoms with van der Waals surface area (Å²) in [6.07, 6.45) is 1.26. The molecule has 1 amide bonds. The average Bonchev–Trinajstić information content (AvgIpc) is 3.02. The van der Waals surface area contributed by atoms with Crippen molar-refractivity contribution in [1.82, 2.24) is 15.0 Å². The number of rotatable bonds is 4. The van der Waals surface area contributed by atoms with Gasteiger partial charge in [0.2, 0.25) is 11.9 Å². The molecule has 1 aliphatic rings. The molecule has 138 valence electrons. The summed E-state index contributed by atoms with van der Waals surface area (Å²) in [5, 5.41) is 2.75. The van der Waals surface area contributed by atoms with Gasteiger partial charge in [-0.3, -0.25) is 14.9 Å². The van der Waals surface area contributed by atoms with Gasteiger partial charge in [-0.2, -0.15) is 0 Å². The number of benzene rings is 1. The number of carbonyl (C=O) groups is 2. The second-order valence-electron chi connectivity index (χ2n) is 6.68. The summed E-state index contributed by atoms with van der Waals surface area (Å²) >= 11 is 2.96. The van der Waals surface area contributed by atoms with Crippen molar-refractivity contribution in [2.75, 3.05) is 11.1 Å². The van der Waals surface area contributed by atoms with Gasteiger partial charge in [0.05, 0.1) is 32.9 Å². The third-order valence-corrected chi connectivity index (χ3v) is 6.55. The fourth-order valence-electron chi connectivity index (χ4n) is 3.22. The minimum Gasteiger partial charge on any atom is -0.294 e. The van der Waals surface area contributed by atoms with Crippen LogP contribution in [-0.4, -0.2) is 32.4 Å². The van der Waals surface area contributed by atoms with E-state index in [2.05, 4.69) is 20.3 Å². The number of nitrogens with one attached hydrogen (secondary N) is 1. The number of hydrogen-bond acceptors (Lipinski definition) is 7. The Bertz CT molecular complexity index is 1010. The second kappa shape index (κ2) is 7.36. The first kappa shape index (κ1) is 18.1. The lowest BCUT2D eigenvalue weighted by atomic mass is 9.86. The summed E-state index contributed by atoms with van der Waals surface area (Å²) in [6, 6.07) is 7.90. The molecule has 6 nitrogen and oxygen atoms in total. The molecule has 0 saturated carbocycles. The maximum Gasteiger partial charge on any atom is 0.237 e. The Kier molecular flexibility index (Phi) is 4.92. The minimum absolute atomic E-state index is 0.0884. The topological polar surface area (TPSA) is 84.8 Å². The molecule has 1 N–H and O–H groups in total. The van der Waals surface area contributed by atoms with E-state index in [1.165, 1.54) is 11.8 Å². The van der Waals surface area contributed by atoms with Gasteiger partial charge in [0.25, 0.3) is 0 Å². The molecule has 0 aliphatic heterocycles. The lowest BCUT2D eigenvalue weighted by Gasteiger charge is -2.21. The Hall–Kier alpha value is -2.32. The van der Waals surface area contributed by atoms with Crippen molar-refractivity contribution in [2.45, 2.75) is 31.0 Å². The van der Waals surface area contributed by atoms with Gasteiger partial charge in [-0.15, -0.1) is 11.3 Å².